The van der Waals surface area contributed by atoms with Crippen LogP contribution >= 0.6 is 0 Å². The third-order valence-corrected chi connectivity index (χ3v) is 6.35. The minimum absolute atomic E-state index is 0.0862. The summed E-state index contributed by atoms with van der Waals surface area (Å²) >= 11 is 0. The molecule has 0 unspecified atom stereocenters. The van der Waals surface area contributed by atoms with E-state index in [-0.39, 0.29) is 5.91 Å². The number of carbonyl (C=O) groups excluding carboxylic acids is 1. The number of carbonyl (C=O) groups is 1. The zero-order valence-corrected chi connectivity index (χ0v) is 17.2. The van der Waals surface area contributed by atoms with E-state index < -0.39 is 0 Å². The van der Waals surface area contributed by atoms with E-state index in [9.17, 15) is 4.79 Å². The second-order valence-electron chi connectivity index (χ2n) is 8.33. The second kappa shape index (κ2) is 8.62. The SMILES string of the molecule is O=C1Nc2ccccc2C1=C1OCc2cc(CCNCCC3CCOCC3)ccc21. The molecule has 3 aliphatic rings. The fourth-order valence-corrected chi connectivity index (χ4v) is 4.62. The summed E-state index contributed by atoms with van der Waals surface area (Å²) in [6, 6.07) is 14.3. The van der Waals surface area contributed by atoms with Gasteiger partial charge in [0.15, 0.2) is 0 Å². The standard InChI is InChI=1S/C25H28N2O3/c28-25-23(21-3-1-2-4-22(21)27-25)24-20-6-5-18(15-19(20)16-30-24)8-12-26-11-7-17-9-13-29-14-10-17/h1-6,15,17,26H,7-14,16H2,(H,27,28). The van der Waals surface area contributed by atoms with Gasteiger partial charge in [-0.05, 0) is 56.3 Å². The Kier molecular flexibility index (Phi) is 5.56. The molecule has 2 aromatic rings. The van der Waals surface area contributed by atoms with Crippen LogP contribution in [0.1, 0.15) is 41.5 Å². The summed E-state index contributed by atoms with van der Waals surface area (Å²) in [6.07, 6.45) is 4.64. The lowest BCUT2D eigenvalue weighted by molar-refractivity contribution is -0.110. The van der Waals surface area contributed by atoms with Gasteiger partial charge < -0.3 is 20.1 Å². The maximum atomic E-state index is 12.5. The topological polar surface area (TPSA) is 59.6 Å². The van der Waals surface area contributed by atoms with Gasteiger partial charge in [0, 0.05) is 35.6 Å². The summed E-state index contributed by atoms with van der Waals surface area (Å²) in [6.45, 7) is 4.42. The molecule has 1 saturated heterocycles. The van der Waals surface area contributed by atoms with E-state index in [4.69, 9.17) is 9.47 Å². The van der Waals surface area contributed by atoms with E-state index in [0.29, 0.717) is 17.9 Å². The van der Waals surface area contributed by atoms with Gasteiger partial charge >= 0.3 is 0 Å². The van der Waals surface area contributed by atoms with E-state index in [2.05, 4.69) is 28.8 Å². The molecule has 5 nitrogen and oxygen atoms in total. The summed E-state index contributed by atoms with van der Waals surface area (Å²) in [7, 11) is 0. The summed E-state index contributed by atoms with van der Waals surface area (Å²) in [5.74, 6) is 1.43. The van der Waals surface area contributed by atoms with Crippen LogP contribution in [0.4, 0.5) is 5.69 Å². The van der Waals surface area contributed by atoms with Gasteiger partial charge in [0.25, 0.3) is 5.91 Å². The summed E-state index contributed by atoms with van der Waals surface area (Å²) in [4.78, 5) is 12.5. The Morgan fingerprint density at radius 2 is 1.90 bits per heavy atom. The number of amides is 1. The van der Waals surface area contributed by atoms with E-state index in [0.717, 1.165) is 61.0 Å². The molecule has 1 fully saturated rings. The van der Waals surface area contributed by atoms with Crippen LogP contribution in [0.2, 0.25) is 0 Å². The van der Waals surface area contributed by atoms with Crippen molar-refractivity contribution in [2.75, 3.05) is 31.6 Å². The smallest absolute Gasteiger partial charge is 0.260 e. The number of benzene rings is 2. The molecule has 2 N–H and O–H groups in total. The summed E-state index contributed by atoms with van der Waals surface area (Å²) < 4.78 is 11.4. The minimum atomic E-state index is -0.0862. The van der Waals surface area contributed by atoms with Crippen LogP contribution in [0.3, 0.4) is 0 Å². The Bertz CT molecular complexity index is 976. The van der Waals surface area contributed by atoms with Crippen LogP contribution in [-0.4, -0.2) is 32.2 Å². The minimum Gasteiger partial charge on any atom is -0.487 e. The normalized spacial score (nSPS) is 20.6. The van der Waals surface area contributed by atoms with Gasteiger partial charge in [-0.3, -0.25) is 4.79 Å². The first-order chi connectivity index (χ1) is 14.8. The van der Waals surface area contributed by atoms with E-state index in [1.54, 1.807) is 0 Å². The maximum Gasteiger partial charge on any atom is 0.260 e. The lowest BCUT2D eigenvalue weighted by Crippen LogP contribution is -2.23. The molecule has 5 heteroatoms. The van der Waals surface area contributed by atoms with Crippen LogP contribution in [0.5, 0.6) is 0 Å². The fourth-order valence-electron chi connectivity index (χ4n) is 4.62. The lowest BCUT2D eigenvalue weighted by atomic mass is 9.96. The fraction of sp³-hybridized carbons (Fsp3) is 0.400. The van der Waals surface area contributed by atoms with Gasteiger partial charge in [-0.1, -0.05) is 36.4 Å². The number of para-hydroxylation sites is 1. The van der Waals surface area contributed by atoms with Gasteiger partial charge in [0.2, 0.25) is 0 Å². The predicted octanol–water partition coefficient (Wildman–Crippen LogP) is 3.99. The van der Waals surface area contributed by atoms with Crippen molar-refractivity contribution in [2.45, 2.75) is 32.3 Å². The van der Waals surface area contributed by atoms with Gasteiger partial charge in [-0.25, -0.2) is 0 Å². The number of hydrogen-bond acceptors (Lipinski definition) is 4. The van der Waals surface area contributed by atoms with Crippen molar-refractivity contribution < 1.29 is 14.3 Å². The first kappa shape index (κ1) is 19.3. The van der Waals surface area contributed by atoms with Gasteiger partial charge in [0.1, 0.15) is 12.4 Å². The van der Waals surface area contributed by atoms with Crippen molar-refractivity contribution in [3.8, 4) is 0 Å². The quantitative estimate of drug-likeness (QED) is 0.565. The van der Waals surface area contributed by atoms with Crippen LogP contribution in [0.15, 0.2) is 42.5 Å². The maximum absolute atomic E-state index is 12.5. The largest absolute Gasteiger partial charge is 0.487 e. The molecular weight excluding hydrogens is 376 g/mol. The van der Waals surface area contributed by atoms with Crippen molar-refractivity contribution in [3.05, 3.63) is 64.7 Å². The summed E-state index contributed by atoms with van der Waals surface area (Å²) in [5.41, 5.74) is 5.92. The molecule has 30 heavy (non-hydrogen) atoms. The van der Waals surface area contributed by atoms with Crippen LogP contribution < -0.4 is 10.6 Å². The van der Waals surface area contributed by atoms with Gasteiger partial charge in [-0.15, -0.1) is 0 Å². The highest BCUT2D eigenvalue weighted by Crippen LogP contribution is 2.41. The van der Waals surface area contributed by atoms with E-state index in [1.165, 1.54) is 24.8 Å². The molecule has 2 aromatic carbocycles. The third-order valence-electron chi connectivity index (χ3n) is 6.35. The van der Waals surface area contributed by atoms with Gasteiger partial charge in [-0.2, -0.15) is 0 Å². The first-order valence-corrected chi connectivity index (χ1v) is 11.0. The van der Waals surface area contributed by atoms with Crippen LogP contribution in [0, 0.1) is 5.92 Å². The Morgan fingerprint density at radius 1 is 1.03 bits per heavy atom. The molecule has 3 aliphatic heterocycles. The number of rotatable bonds is 6. The number of fused-ring (bicyclic) bond motifs is 2. The van der Waals surface area contributed by atoms with E-state index in [1.807, 2.05) is 24.3 Å². The third kappa shape index (κ3) is 3.87. The molecule has 3 heterocycles. The second-order valence-corrected chi connectivity index (χ2v) is 8.33. The van der Waals surface area contributed by atoms with E-state index >= 15 is 0 Å². The molecule has 1 amide bonds. The van der Waals surface area contributed by atoms with Crippen LogP contribution in [-0.2, 0) is 27.3 Å². The number of anilines is 1. The average molecular weight is 405 g/mol. The first-order valence-electron chi connectivity index (χ1n) is 11.0. The Hall–Kier alpha value is -2.63. The molecule has 5 rings (SSSR count). The molecule has 0 radical (unpaired) electrons. The number of nitrogens with one attached hydrogen (secondary N) is 2. The van der Waals surface area contributed by atoms with Crippen molar-refractivity contribution in [1.29, 1.82) is 0 Å². The molecular formula is C25H28N2O3. The van der Waals surface area contributed by atoms with Crippen molar-refractivity contribution in [3.63, 3.8) is 0 Å². The predicted molar refractivity (Wildman–Crippen MR) is 118 cm³/mol. The van der Waals surface area contributed by atoms with Crippen molar-refractivity contribution in [2.24, 2.45) is 5.92 Å². The highest BCUT2D eigenvalue weighted by molar-refractivity contribution is 6.36. The lowest BCUT2D eigenvalue weighted by Gasteiger charge is -2.21. The Labute approximate surface area is 177 Å². The molecule has 0 aliphatic carbocycles. The molecule has 0 aromatic heterocycles. The molecule has 0 atom stereocenters. The molecule has 0 bridgehead atoms. The highest BCUT2D eigenvalue weighted by Gasteiger charge is 2.32. The van der Waals surface area contributed by atoms with Crippen molar-refractivity contribution in [1.82, 2.24) is 5.32 Å². The average Bonchev–Trinajstić information content (AvgIpc) is 3.33. The molecule has 156 valence electrons. The van der Waals surface area contributed by atoms with Crippen molar-refractivity contribution >= 4 is 22.9 Å². The number of ether oxygens (including phenoxy) is 2. The monoisotopic (exact) mass is 404 g/mol. The Morgan fingerprint density at radius 3 is 2.80 bits per heavy atom. The molecule has 0 spiro atoms. The zero-order valence-electron chi connectivity index (χ0n) is 17.2. The van der Waals surface area contributed by atoms with Gasteiger partial charge in [0.05, 0.1) is 5.57 Å². The zero-order chi connectivity index (χ0) is 20.3. The number of hydrogen-bond donors (Lipinski definition) is 2. The highest BCUT2D eigenvalue weighted by atomic mass is 16.5. The Balaban J connectivity index is 1.22. The van der Waals surface area contributed by atoms with Crippen LogP contribution in [0.25, 0.3) is 11.3 Å². The summed E-state index contributed by atoms with van der Waals surface area (Å²) in [5, 5.41) is 6.52. The molecule has 0 saturated carbocycles.